The Hall–Kier alpha value is -1.49. The molecule has 1 aliphatic heterocycles. The summed E-state index contributed by atoms with van der Waals surface area (Å²) < 4.78 is 5.26. The first-order valence-electron chi connectivity index (χ1n) is 5.59. The van der Waals surface area contributed by atoms with Gasteiger partial charge in [-0.2, -0.15) is 0 Å². The second-order valence-electron chi connectivity index (χ2n) is 4.03. The lowest BCUT2D eigenvalue weighted by Gasteiger charge is -2.23. The molecule has 0 saturated carbocycles. The van der Waals surface area contributed by atoms with Gasteiger partial charge < -0.3 is 15.1 Å². The lowest BCUT2D eigenvalue weighted by Crippen LogP contribution is -2.44. The fourth-order valence-corrected chi connectivity index (χ4v) is 1.80. The summed E-state index contributed by atoms with van der Waals surface area (Å²) in [5.74, 6) is 1.28. The molecule has 1 aliphatic rings. The van der Waals surface area contributed by atoms with Crippen LogP contribution in [0, 0.1) is 6.92 Å². The molecule has 2 rings (SSSR count). The van der Waals surface area contributed by atoms with E-state index in [1.165, 1.54) is 0 Å². The molecule has 0 spiro atoms. The largest absolute Gasteiger partial charge is 0.446 e. The first-order chi connectivity index (χ1) is 7.74. The molecule has 2 amide bonds. The minimum Gasteiger partial charge on any atom is -0.446 e. The quantitative estimate of drug-likeness (QED) is 0.711. The average molecular weight is 223 g/mol. The number of hydrogen-bond donors (Lipinski definition) is 3. The molecular formula is C11H17N3O2. The Bertz CT molecular complexity index is 356. The van der Waals surface area contributed by atoms with Gasteiger partial charge in [0.25, 0.3) is 0 Å². The Morgan fingerprint density at radius 2 is 2.19 bits per heavy atom. The lowest BCUT2D eigenvalue weighted by molar-refractivity contribution is 0.244. The third-order valence-electron chi connectivity index (χ3n) is 2.65. The maximum atomic E-state index is 11.6. The molecule has 16 heavy (non-hydrogen) atoms. The van der Waals surface area contributed by atoms with Crippen molar-refractivity contribution in [2.75, 3.05) is 18.4 Å². The number of amides is 2. The number of carbonyl (C=O) groups is 1. The summed E-state index contributed by atoms with van der Waals surface area (Å²) >= 11 is 0. The molecule has 2 heterocycles. The summed E-state index contributed by atoms with van der Waals surface area (Å²) in [4.78, 5) is 11.6. The maximum absolute atomic E-state index is 11.6. The Morgan fingerprint density at radius 1 is 1.44 bits per heavy atom. The van der Waals surface area contributed by atoms with Crippen LogP contribution in [0.1, 0.15) is 18.6 Å². The molecule has 3 N–H and O–H groups in total. The molecule has 0 bridgehead atoms. The van der Waals surface area contributed by atoms with Gasteiger partial charge in [0, 0.05) is 12.1 Å². The van der Waals surface area contributed by atoms with Crippen molar-refractivity contribution in [2.24, 2.45) is 0 Å². The predicted molar refractivity (Wildman–Crippen MR) is 61.5 cm³/mol. The van der Waals surface area contributed by atoms with Crippen molar-refractivity contribution in [2.45, 2.75) is 25.8 Å². The highest BCUT2D eigenvalue weighted by atomic mass is 16.4. The highest BCUT2D eigenvalue weighted by Crippen LogP contribution is 2.11. The maximum Gasteiger partial charge on any atom is 0.321 e. The molecule has 1 aromatic heterocycles. The van der Waals surface area contributed by atoms with E-state index in [-0.39, 0.29) is 12.1 Å². The Labute approximate surface area is 94.6 Å². The van der Waals surface area contributed by atoms with Crippen LogP contribution in [0.25, 0.3) is 0 Å². The van der Waals surface area contributed by atoms with E-state index in [1.807, 2.05) is 13.0 Å². The standard InChI is InChI=1S/C11H17N3O2/c1-8-2-3-10(16-8)14-11(15)13-9-4-6-12-7-5-9/h2-3,9,12H,4-7H2,1H3,(H2,13,14,15). The van der Waals surface area contributed by atoms with Crippen LogP contribution in [-0.2, 0) is 0 Å². The second-order valence-corrected chi connectivity index (χ2v) is 4.03. The van der Waals surface area contributed by atoms with E-state index in [9.17, 15) is 4.79 Å². The summed E-state index contributed by atoms with van der Waals surface area (Å²) in [6, 6.07) is 3.64. The summed E-state index contributed by atoms with van der Waals surface area (Å²) in [5.41, 5.74) is 0. The van der Waals surface area contributed by atoms with Crippen molar-refractivity contribution in [3.05, 3.63) is 17.9 Å². The highest BCUT2D eigenvalue weighted by molar-refractivity contribution is 5.88. The van der Waals surface area contributed by atoms with Crippen molar-refractivity contribution in [3.8, 4) is 0 Å². The Kier molecular flexibility index (Phi) is 3.46. The molecule has 1 aromatic rings. The van der Waals surface area contributed by atoms with E-state index in [2.05, 4.69) is 16.0 Å². The van der Waals surface area contributed by atoms with Gasteiger partial charge in [-0.15, -0.1) is 0 Å². The van der Waals surface area contributed by atoms with Crippen LogP contribution in [0.3, 0.4) is 0 Å². The molecule has 0 aliphatic carbocycles. The number of hydrogen-bond acceptors (Lipinski definition) is 3. The Morgan fingerprint density at radius 3 is 2.81 bits per heavy atom. The zero-order valence-corrected chi connectivity index (χ0v) is 9.38. The van der Waals surface area contributed by atoms with Crippen LogP contribution < -0.4 is 16.0 Å². The van der Waals surface area contributed by atoms with Crippen LogP contribution in [0.4, 0.5) is 10.7 Å². The number of rotatable bonds is 2. The number of nitrogens with one attached hydrogen (secondary N) is 3. The topological polar surface area (TPSA) is 66.3 Å². The van der Waals surface area contributed by atoms with Gasteiger partial charge in [-0.25, -0.2) is 4.79 Å². The van der Waals surface area contributed by atoms with Crippen molar-refractivity contribution in [1.29, 1.82) is 0 Å². The zero-order valence-electron chi connectivity index (χ0n) is 9.38. The van der Waals surface area contributed by atoms with Crippen LogP contribution in [0.2, 0.25) is 0 Å². The van der Waals surface area contributed by atoms with Crippen molar-refractivity contribution >= 4 is 11.9 Å². The number of urea groups is 1. The minimum absolute atomic E-state index is 0.193. The van der Waals surface area contributed by atoms with Crippen LogP contribution in [0.15, 0.2) is 16.5 Å². The fraction of sp³-hybridized carbons (Fsp3) is 0.545. The van der Waals surface area contributed by atoms with E-state index in [0.717, 1.165) is 31.7 Å². The zero-order chi connectivity index (χ0) is 11.4. The predicted octanol–water partition coefficient (Wildman–Crippen LogP) is 1.46. The Balaban J connectivity index is 1.79. The van der Waals surface area contributed by atoms with Gasteiger partial charge >= 0.3 is 6.03 Å². The van der Waals surface area contributed by atoms with Gasteiger partial charge in [0.05, 0.1) is 0 Å². The van der Waals surface area contributed by atoms with E-state index in [0.29, 0.717) is 5.88 Å². The van der Waals surface area contributed by atoms with E-state index < -0.39 is 0 Å². The monoisotopic (exact) mass is 223 g/mol. The first-order valence-corrected chi connectivity index (χ1v) is 5.59. The van der Waals surface area contributed by atoms with Gasteiger partial charge in [0.15, 0.2) is 0 Å². The van der Waals surface area contributed by atoms with Crippen LogP contribution in [0.5, 0.6) is 0 Å². The molecule has 88 valence electrons. The molecule has 5 nitrogen and oxygen atoms in total. The number of carbonyl (C=O) groups excluding carboxylic acids is 1. The number of anilines is 1. The smallest absolute Gasteiger partial charge is 0.321 e. The molecule has 0 unspecified atom stereocenters. The third-order valence-corrected chi connectivity index (χ3v) is 2.65. The molecule has 1 fully saturated rings. The van der Waals surface area contributed by atoms with E-state index >= 15 is 0 Å². The summed E-state index contributed by atoms with van der Waals surface area (Å²) in [6.07, 6.45) is 1.95. The molecular weight excluding hydrogens is 206 g/mol. The van der Waals surface area contributed by atoms with Crippen molar-refractivity contribution < 1.29 is 9.21 Å². The summed E-state index contributed by atoms with van der Waals surface area (Å²) in [6.45, 7) is 3.77. The molecule has 1 saturated heterocycles. The van der Waals surface area contributed by atoms with Crippen LogP contribution in [-0.4, -0.2) is 25.2 Å². The van der Waals surface area contributed by atoms with Crippen molar-refractivity contribution in [1.82, 2.24) is 10.6 Å². The van der Waals surface area contributed by atoms with Gasteiger partial charge in [-0.1, -0.05) is 0 Å². The van der Waals surface area contributed by atoms with Gasteiger partial charge in [-0.3, -0.25) is 5.32 Å². The van der Waals surface area contributed by atoms with E-state index in [4.69, 9.17) is 4.42 Å². The molecule has 0 atom stereocenters. The number of aryl methyl sites for hydroxylation is 1. The lowest BCUT2D eigenvalue weighted by atomic mass is 10.1. The van der Waals surface area contributed by atoms with Gasteiger partial charge in [0.1, 0.15) is 5.76 Å². The van der Waals surface area contributed by atoms with Gasteiger partial charge in [0.2, 0.25) is 5.88 Å². The summed E-state index contributed by atoms with van der Waals surface area (Å²) in [5, 5.41) is 8.85. The van der Waals surface area contributed by atoms with Gasteiger partial charge in [-0.05, 0) is 38.9 Å². The third kappa shape index (κ3) is 3.00. The second kappa shape index (κ2) is 5.03. The fourth-order valence-electron chi connectivity index (χ4n) is 1.80. The van der Waals surface area contributed by atoms with Crippen LogP contribution >= 0.6 is 0 Å². The summed E-state index contributed by atoms with van der Waals surface area (Å²) in [7, 11) is 0. The highest BCUT2D eigenvalue weighted by Gasteiger charge is 2.15. The number of piperidine rings is 1. The molecule has 0 radical (unpaired) electrons. The molecule has 0 aromatic carbocycles. The SMILES string of the molecule is Cc1ccc(NC(=O)NC2CCNCC2)o1. The molecule has 5 heteroatoms. The van der Waals surface area contributed by atoms with Crippen molar-refractivity contribution in [3.63, 3.8) is 0 Å². The minimum atomic E-state index is -0.193. The van der Waals surface area contributed by atoms with E-state index in [1.54, 1.807) is 6.07 Å². The first kappa shape index (κ1) is 11.0. The average Bonchev–Trinajstić information content (AvgIpc) is 2.65. The normalized spacial score (nSPS) is 17.1. The number of furan rings is 1.